The summed E-state index contributed by atoms with van der Waals surface area (Å²) in [6, 6.07) is 24.4. The standard InChI is InChI=1S/C30H31N7O3.C2H6/c38-30-31-24-8-4-5-9-25(24)36(30)22-14-16-35(17-15-22)26(12-10-21-6-2-1-3-7-21)29-32-33-34-37(29)23-11-13-27-28(20-23)40-19-18-39-27;1-2/h1-9,11,13,20,22,26H,10,12,14-19H2,(H,31,38);1-2H3. The summed E-state index contributed by atoms with van der Waals surface area (Å²) in [5, 5.41) is 13.0. The SMILES string of the molecule is CC.O=c1[nH]c2ccccc2n1C1CCN(C(CCc2ccccc2)c2nnnn2-c2ccc3c(c2)OCCO3)CC1. The van der Waals surface area contributed by atoms with Crippen molar-refractivity contribution < 1.29 is 9.47 Å². The molecule has 2 aromatic heterocycles. The molecule has 0 bridgehead atoms. The maximum atomic E-state index is 12.8. The molecule has 0 saturated carbocycles. The number of rotatable bonds is 7. The summed E-state index contributed by atoms with van der Waals surface area (Å²) in [7, 11) is 0. The largest absolute Gasteiger partial charge is 0.486 e. The van der Waals surface area contributed by atoms with E-state index in [1.165, 1.54) is 5.56 Å². The van der Waals surface area contributed by atoms with Crippen molar-refractivity contribution >= 4 is 11.0 Å². The molecular formula is C32H37N7O3. The van der Waals surface area contributed by atoms with Crippen LogP contribution in [0.4, 0.5) is 0 Å². The predicted molar refractivity (Wildman–Crippen MR) is 161 cm³/mol. The van der Waals surface area contributed by atoms with Crippen LogP contribution in [0, 0.1) is 0 Å². The fourth-order valence-corrected chi connectivity index (χ4v) is 6.06. The van der Waals surface area contributed by atoms with Crippen LogP contribution in [0.2, 0.25) is 0 Å². The molecule has 1 unspecified atom stereocenters. The molecule has 2 aliphatic heterocycles. The van der Waals surface area contributed by atoms with Gasteiger partial charge in [-0.2, -0.15) is 4.68 Å². The van der Waals surface area contributed by atoms with E-state index in [-0.39, 0.29) is 17.8 Å². The number of aryl methyl sites for hydroxylation is 1. The molecule has 218 valence electrons. The van der Waals surface area contributed by atoms with Crippen molar-refractivity contribution in [3.05, 3.63) is 94.7 Å². The fourth-order valence-electron chi connectivity index (χ4n) is 6.06. The van der Waals surface area contributed by atoms with Crippen molar-refractivity contribution in [2.24, 2.45) is 0 Å². The van der Waals surface area contributed by atoms with Crippen LogP contribution in [0.1, 0.15) is 56.6 Å². The highest BCUT2D eigenvalue weighted by Gasteiger charge is 2.32. The van der Waals surface area contributed by atoms with Gasteiger partial charge >= 0.3 is 5.69 Å². The zero-order valence-corrected chi connectivity index (χ0v) is 24.1. The Morgan fingerprint density at radius 1 is 0.929 bits per heavy atom. The molecule has 0 amide bonds. The lowest BCUT2D eigenvalue weighted by Crippen LogP contribution is -2.40. The van der Waals surface area contributed by atoms with Gasteiger partial charge in [-0.25, -0.2) is 4.79 Å². The monoisotopic (exact) mass is 567 g/mol. The van der Waals surface area contributed by atoms with Crippen LogP contribution in [0.3, 0.4) is 0 Å². The number of H-pyrrole nitrogens is 1. The minimum Gasteiger partial charge on any atom is -0.486 e. The average Bonchev–Trinajstić information content (AvgIpc) is 3.67. The highest BCUT2D eigenvalue weighted by molar-refractivity contribution is 5.75. The quantitative estimate of drug-likeness (QED) is 0.291. The van der Waals surface area contributed by atoms with Gasteiger partial charge in [0, 0.05) is 25.2 Å². The second kappa shape index (κ2) is 12.6. The molecule has 2 aliphatic rings. The van der Waals surface area contributed by atoms with Gasteiger partial charge in [-0.15, -0.1) is 5.10 Å². The molecule has 5 aromatic rings. The molecule has 1 atom stereocenters. The van der Waals surface area contributed by atoms with Gasteiger partial charge in [-0.1, -0.05) is 56.3 Å². The van der Waals surface area contributed by atoms with Crippen molar-refractivity contribution in [2.45, 2.75) is 51.6 Å². The number of fused-ring (bicyclic) bond motifs is 2. The first-order valence-electron chi connectivity index (χ1n) is 14.9. The first-order valence-corrected chi connectivity index (χ1v) is 14.9. The Labute approximate surface area is 244 Å². The summed E-state index contributed by atoms with van der Waals surface area (Å²) in [6.45, 7) is 6.74. The lowest BCUT2D eigenvalue weighted by molar-refractivity contribution is 0.122. The number of ether oxygens (including phenoxy) is 2. The Morgan fingerprint density at radius 2 is 1.67 bits per heavy atom. The van der Waals surface area contributed by atoms with Crippen LogP contribution in [0.25, 0.3) is 16.7 Å². The molecule has 0 spiro atoms. The summed E-state index contributed by atoms with van der Waals surface area (Å²) in [5.41, 5.74) is 3.94. The third-order valence-electron chi connectivity index (χ3n) is 8.04. The number of hydrogen-bond acceptors (Lipinski definition) is 7. The summed E-state index contributed by atoms with van der Waals surface area (Å²) >= 11 is 0. The van der Waals surface area contributed by atoms with Crippen LogP contribution in [-0.2, 0) is 6.42 Å². The number of likely N-dealkylation sites (tertiary alicyclic amines) is 1. The third kappa shape index (κ3) is 5.54. The van der Waals surface area contributed by atoms with Crippen molar-refractivity contribution in [1.29, 1.82) is 0 Å². The summed E-state index contributed by atoms with van der Waals surface area (Å²) in [4.78, 5) is 18.3. The van der Waals surface area contributed by atoms with Crippen LogP contribution >= 0.6 is 0 Å². The molecule has 10 heteroatoms. The van der Waals surface area contributed by atoms with Crippen molar-refractivity contribution in [1.82, 2.24) is 34.7 Å². The molecule has 42 heavy (non-hydrogen) atoms. The second-order valence-corrected chi connectivity index (χ2v) is 10.4. The molecule has 7 rings (SSSR count). The van der Waals surface area contributed by atoms with Gasteiger partial charge in [-0.3, -0.25) is 9.47 Å². The van der Waals surface area contributed by atoms with Gasteiger partial charge in [0.05, 0.1) is 22.8 Å². The Balaban J connectivity index is 0.00000155. The Kier molecular flexibility index (Phi) is 8.32. The van der Waals surface area contributed by atoms with E-state index in [0.29, 0.717) is 19.0 Å². The smallest absolute Gasteiger partial charge is 0.326 e. The van der Waals surface area contributed by atoms with E-state index in [9.17, 15) is 4.79 Å². The maximum absolute atomic E-state index is 12.8. The summed E-state index contributed by atoms with van der Waals surface area (Å²) in [6.07, 6.45) is 3.51. The number of para-hydroxylation sites is 2. The number of benzene rings is 3. The van der Waals surface area contributed by atoms with E-state index >= 15 is 0 Å². The van der Waals surface area contributed by atoms with Gasteiger partial charge in [0.2, 0.25) is 0 Å². The molecule has 10 nitrogen and oxygen atoms in total. The number of imidazole rings is 1. The first kappa shape index (κ1) is 27.7. The molecular weight excluding hydrogens is 530 g/mol. The highest BCUT2D eigenvalue weighted by atomic mass is 16.6. The van der Waals surface area contributed by atoms with Crippen molar-refractivity contribution in [3.8, 4) is 17.2 Å². The molecule has 0 radical (unpaired) electrons. The Morgan fingerprint density at radius 3 is 2.48 bits per heavy atom. The van der Waals surface area contributed by atoms with E-state index in [2.05, 4.69) is 49.7 Å². The van der Waals surface area contributed by atoms with E-state index in [0.717, 1.165) is 67.1 Å². The highest BCUT2D eigenvalue weighted by Crippen LogP contribution is 2.35. The summed E-state index contributed by atoms with van der Waals surface area (Å²) < 4.78 is 15.3. The Hall–Kier alpha value is -4.44. The average molecular weight is 568 g/mol. The van der Waals surface area contributed by atoms with Crippen molar-refractivity contribution in [3.63, 3.8) is 0 Å². The molecule has 0 aliphatic carbocycles. The van der Waals surface area contributed by atoms with E-state index in [4.69, 9.17) is 9.47 Å². The first-order chi connectivity index (χ1) is 20.7. The number of aromatic nitrogens is 6. The molecule has 1 fully saturated rings. The number of aromatic amines is 1. The van der Waals surface area contributed by atoms with Crippen molar-refractivity contribution in [2.75, 3.05) is 26.3 Å². The lowest BCUT2D eigenvalue weighted by Gasteiger charge is -2.37. The van der Waals surface area contributed by atoms with Gasteiger partial charge in [0.1, 0.15) is 13.2 Å². The molecule has 1 saturated heterocycles. The molecule has 4 heterocycles. The third-order valence-corrected chi connectivity index (χ3v) is 8.04. The van der Waals surface area contributed by atoms with Crippen LogP contribution in [0.5, 0.6) is 11.5 Å². The minimum atomic E-state index is -0.0390. The molecule has 1 N–H and O–H groups in total. The van der Waals surface area contributed by atoms with Gasteiger partial charge in [-0.05, 0) is 65.9 Å². The number of nitrogens with one attached hydrogen (secondary N) is 1. The van der Waals surface area contributed by atoms with E-state index < -0.39 is 0 Å². The zero-order valence-electron chi connectivity index (χ0n) is 24.1. The van der Waals surface area contributed by atoms with Crippen LogP contribution < -0.4 is 15.2 Å². The lowest BCUT2D eigenvalue weighted by atomic mass is 9.98. The second-order valence-electron chi connectivity index (χ2n) is 10.4. The van der Waals surface area contributed by atoms with Crippen LogP contribution in [-0.4, -0.2) is 61.0 Å². The topological polar surface area (TPSA) is 103 Å². The summed E-state index contributed by atoms with van der Waals surface area (Å²) in [5.74, 6) is 2.24. The van der Waals surface area contributed by atoms with Gasteiger partial charge < -0.3 is 14.5 Å². The number of piperidine rings is 1. The van der Waals surface area contributed by atoms with E-state index in [1.54, 1.807) is 0 Å². The van der Waals surface area contributed by atoms with E-state index in [1.807, 2.05) is 71.6 Å². The maximum Gasteiger partial charge on any atom is 0.326 e. The Bertz CT molecular complexity index is 1670. The number of nitrogens with zero attached hydrogens (tertiary/aromatic N) is 6. The van der Waals surface area contributed by atoms with Gasteiger partial charge in [0.15, 0.2) is 17.3 Å². The molecule has 3 aromatic carbocycles. The number of tetrazole rings is 1. The number of hydrogen-bond donors (Lipinski definition) is 1. The van der Waals surface area contributed by atoms with Crippen LogP contribution in [0.15, 0.2) is 77.6 Å². The fraction of sp³-hybridized carbons (Fsp3) is 0.375. The zero-order chi connectivity index (χ0) is 28.9. The predicted octanol–water partition coefficient (Wildman–Crippen LogP) is 5.11. The normalized spacial score (nSPS) is 16.1. The van der Waals surface area contributed by atoms with Gasteiger partial charge in [0.25, 0.3) is 0 Å². The minimum absolute atomic E-state index is 0.00375.